The molecule has 88 valence electrons. The number of halogens is 1. The molecule has 0 saturated heterocycles. The second-order valence-corrected chi connectivity index (χ2v) is 4.94. The molecule has 0 amide bonds. The van der Waals surface area contributed by atoms with Crippen LogP contribution in [0.25, 0.3) is 10.9 Å². The van der Waals surface area contributed by atoms with Crippen molar-refractivity contribution in [2.45, 2.75) is 6.92 Å². The van der Waals surface area contributed by atoms with Gasteiger partial charge < -0.3 is 10.7 Å². The number of nitrogens with two attached hydrogens (primary N) is 1. The highest BCUT2D eigenvalue weighted by Crippen LogP contribution is 2.23. The van der Waals surface area contributed by atoms with E-state index in [-0.39, 0.29) is 5.11 Å². The van der Waals surface area contributed by atoms with Gasteiger partial charge in [-0.05, 0) is 31.3 Å². The molecular formula is C11H11BrN4S. The van der Waals surface area contributed by atoms with Gasteiger partial charge in [-0.1, -0.05) is 22.0 Å². The van der Waals surface area contributed by atoms with Gasteiger partial charge in [-0.2, -0.15) is 5.10 Å². The molecule has 0 spiro atoms. The normalized spacial score (nSPS) is 11.2. The van der Waals surface area contributed by atoms with Crippen LogP contribution in [0.1, 0.15) is 11.3 Å². The number of aryl methyl sites for hydroxylation is 1. The van der Waals surface area contributed by atoms with Gasteiger partial charge in [0.25, 0.3) is 0 Å². The Labute approximate surface area is 112 Å². The van der Waals surface area contributed by atoms with Crippen LogP contribution in [0.2, 0.25) is 0 Å². The van der Waals surface area contributed by atoms with Crippen LogP contribution in [0.4, 0.5) is 0 Å². The monoisotopic (exact) mass is 310 g/mol. The Morgan fingerprint density at radius 1 is 1.59 bits per heavy atom. The van der Waals surface area contributed by atoms with Gasteiger partial charge in [-0.3, -0.25) is 5.43 Å². The Bertz CT molecular complexity index is 603. The van der Waals surface area contributed by atoms with Crippen molar-refractivity contribution in [3.8, 4) is 0 Å². The van der Waals surface area contributed by atoms with E-state index in [9.17, 15) is 0 Å². The summed E-state index contributed by atoms with van der Waals surface area (Å²) in [7, 11) is 0. The number of rotatable bonds is 2. The van der Waals surface area contributed by atoms with Crippen molar-refractivity contribution in [2.24, 2.45) is 10.8 Å². The predicted octanol–water partition coefficient (Wildman–Crippen LogP) is 2.41. The van der Waals surface area contributed by atoms with E-state index in [0.717, 1.165) is 26.6 Å². The first-order valence-corrected chi connectivity index (χ1v) is 6.14. The van der Waals surface area contributed by atoms with Crippen LogP contribution in [-0.2, 0) is 0 Å². The first kappa shape index (κ1) is 12.1. The molecule has 0 aliphatic rings. The molecule has 0 aliphatic heterocycles. The number of hydrazone groups is 1. The maximum Gasteiger partial charge on any atom is 0.184 e. The van der Waals surface area contributed by atoms with E-state index in [1.54, 1.807) is 6.21 Å². The quantitative estimate of drug-likeness (QED) is 0.453. The molecule has 2 aromatic rings. The van der Waals surface area contributed by atoms with Gasteiger partial charge in [0.15, 0.2) is 5.11 Å². The summed E-state index contributed by atoms with van der Waals surface area (Å²) in [5.41, 5.74) is 11.0. The fourth-order valence-corrected chi connectivity index (χ4v) is 2.07. The van der Waals surface area contributed by atoms with E-state index in [1.807, 2.05) is 25.1 Å². The van der Waals surface area contributed by atoms with E-state index < -0.39 is 0 Å². The molecule has 0 bridgehead atoms. The molecule has 0 unspecified atom stereocenters. The molecular weight excluding hydrogens is 300 g/mol. The molecule has 4 N–H and O–H groups in total. The number of hydrogen-bond acceptors (Lipinski definition) is 2. The molecule has 1 aromatic heterocycles. The van der Waals surface area contributed by atoms with Crippen LogP contribution in [0.3, 0.4) is 0 Å². The van der Waals surface area contributed by atoms with Crippen LogP contribution in [0, 0.1) is 6.92 Å². The molecule has 17 heavy (non-hydrogen) atoms. The number of aromatic amines is 1. The maximum absolute atomic E-state index is 5.30. The fraction of sp³-hybridized carbons (Fsp3) is 0.0909. The lowest BCUT2D eigenvalue weighted by Gasteiger charge is -1.95. The Hall–Kier alpha value is -1.40. The second-order valence-electron chi connectivity index (χ2n) is 3.59. The molecule has 0 aliphatic carbocycles. The third kappa shape index (κ3) is 2.65. The minimum Gasteiger partial charge on any atom is -0.375 e. The average Bonchev–Trinajstić information content (AvgIpc) is 2.54. The van der Waals surface area contributed by atoms with Crippen molar-refractivity contribution in [2.75, 3.05) is 0 Å². The molecule has 1 heterocycles. The zero-order chi connectivity index (χ0) is 12.4. The van der Waals surface area contributed by atoms with Gasteiger partial charge in [0.05, 0.1) is 6.21 Å². The third-order valence-corrected chi connectivity index (χ3v) is 2.95. The van der Waals surface area contributed by atoms with Crippen LogP contribution in [0.15, 0.2) is 27.8 Å². The van der Waals surface area contributed by atoms with Gasteiger partial charge >= 0.3 is 0 Å². The largest absolute Gasteiger partial charge is 0.375 e. The van der Waals surface area contributed by atoms with Gasteiger partial charge in [0.2, 0.25) is 0 Å². The Kier molecular flexibility index (Phi) is 3.44. The summed E-state index contributed by atoms with van der Waals surface area (Å²) >= 11 is 8.11. The number of aromatic nitrogens is 1. The molecule has 0 saturated carbocycles. The van der Waals surface area contributed by atoms with Crippen LogP contribution < -0.4 is 11.2 Å². The van der Waals surface area contributed by atoms with E-state index in [4.69, 9.17) is 5.73 Å². The second kappa shape index (κ2) is 4.85. The van der Waals surface area contributed by atoms with Gasteiger partial charge in [0.1, 0.15) is 0 Å². The van der Waals surface area contributed by atoms with Crippen molar-refractivity contribution in [1.82, 2.24) is 10.4 Å². The van der Waals surface area contributed by atoms with Crippen molar-refractivity contribution >= 4 is 50.4 Å². The Balaban J connectivity index is 2.43. The van der Waals surface area contributed by atoms with Crippen LogP contribution in [0.5, 0.6) is 0 Å². The Morgan fingerprint density at radius 3 is 3.06 bits per heavy atom. The van der Waals surface area contributed by atoms with Gasteiger partial charge in [-0.15, -0.1) is 0 Å². The Morgan fingerprint density at radius 2 is 2.35 bits per heavy atom. The highest BCUT2D eigenvalue weighted by Gasteiger charge is 2.06. The molecule has 6 heteroatoms. The van der Waals surface area contributed by atoms with Gasteiger partial charge in [0, 0.05) is 26.6 Å². The highest BCUT2D eigenvalue weighted by atomic mass is 79.9. The number of fused-ring (bicyclic) bond motifs is 1. The molecule has 1 aromatic carbocycles. The van der Waals surface area contributed by atoms with Crippen molar-refractivity contribution < 1.29 is 0 Å². The number of hydrogen-bond donors (Lipinski definition) is 3. The zero-order valence-electron chi connectivity index (χ0n) is 9.12. The highest BCUT2D eigenvalue weighted by molar-refractivity contribution is 9.10. The lowest BCUT2D eigenvalue weighted by atomic mass is 10.1. The molecule has 0 atom stereocenters. The van der Waals surface area contributed by atoms with E-state index in [1.165, 1.54) is 0 Å². The predicted molar refractivity (Wildman–Crippen MR) is 78.3 cm³/mol. The van der Waals surface area contributed by atoms with Crippen LogP contribution in [-0.4, -0.2) is 16.3 Å². The topological polar surface area (TPSA) is 66.2 Å². The average molecular weight is 311 g/mol. The first-order chi connectivity index (χ1) is 8.08. The maximum atomic E-state index is 5.30. The van der Waals surface area contributed by atoms with Gasteiger partial charge in [-0.25, -0.2) is 0 Å². The minimum absolute atomic E-state index is 0.154. The molecule has 4 nitrogen and oxygen atoms in total. The molecule has 0 fully saturated rings. The SMILES string of the molecule is Cc1[nH]c2cc(Br)ccc2c1/C=N/NC(N)=S. The summed E-state index contributed by atoms with van der Waals surface area (Å²) in [5.74, 6) is 0. The molecule has 2 rings (SSSR count). The fourth-order valence-electron chi connectivity index (χ4n) is 1.65. The van der Waals surface area contributed by atoms with E-state index in [0.29, 0.717) is 0 Å². The van der Waals surface area contributed by atoms with E-state index >= 15 is 0 Å². The zero-order valence-corrected chi connectivity index (χ0v) is 11.5. The minimum atomic E-state index is 0.154. The van der Waals surface area contributed by atoms with Crippen LogP contribution >= 0.6 is 28.1 Å². The lowest BCUT2D eigenvalue weighted by Crippen LogP contribution is -2.24. The number of nitrogens with zero attached hydrogens (tertiary/aromatic N) is 1. The van der Waals surface area contributed by atoms with Crippen molar-refractivity contribution in [3.63, 3.8) is 0 Å². The summed E-state index contributed by atoms with van der Waals surface area (Å²) in [6.07, 6.45) is 1.71. The lowest BCUT2D eigenvalue weighted by molar-refractivity contribution is 1.04. The summed E-state index contributed by atoms with van der Waals surface area (Å²) in [5, 5.41) is 5.24. The third-order valence-electron chi connectivity index (χ3n) is 2.37. The number of benzene rings is 1. The summed E-state index contributed by atoms with van der Waals surface area (Å²) < 4.78 is 1.04. The summed E-state index contributed by atoms with van der Waals surface area (Å²) in [4.78, 5) is 3.29. The standard InChI is InChI=1S/C11H11BrN4S/c1-6-9(5-14-16-11(13)17)8-3-2-7(12)4-10(8)15-6/h2-5,15H,1H3,(H3,13,16,17)/b14-5+. The van der Waals surface area contributed by atoms with Crippen molar-refractivity contribution in [3.05, 3.63) is 33.9 Å². The summed E-state index contributed by atoms with van der Waals surface area (Å²) in [6, 6.07) is 6.06. The smallest absolute Gasteiger partial charge is 0.184 e. The van der Waals surface area contributed by atoms with Crippen molar-refractivity contribution in [1.29, 1.82) is 0 Å². The molecule has 0 radical (unpaired) electrons. The number of H-pyrrole nitrogens is 1. The number of nitrogens with one attached hydrogen (secondary N) is 2. The van der Waals surface area contributed by atoms with E-state index in [2.05, 4.69) is 43.7 Å². The first-order valence-electron chi connectivity index (χ1n) is 4.94. The number of thiocarbonyl (C=S) groups is 1. The summed E-state index contributed by atoms with van der Waals surface area (Å²) in [6.45, 7) is 2.00.